The maximum Gasteiger partial charge on any atom is 0.416 e. The third kappa shape index (κ3) is 4.56. The summed E-state index contributed by atoms with van der Waals surface area (Å²) in [6.07, 6.45) is 0.966. The lowest BCUT2D eigenvalue weighted by Gasteiger charge is -2.27. The molecule has 0 atom stereocenters. The fraction of sp³-hybridized carbons (Fsp3) is 0.579. The van der Waals surface area contributed by atoms with Gasteiger partial charge in [0.15, 0.2) is 0 Å². The van der Waals surface area contributed by atoms with Gasteiger partial charge < -0.3 is 10.6 Å². The lowest BCUT2D eigenvalue weighted by molar-refractivity contribution is -0.137. The van der Waals surface area contributed by atoms with Crippen molar-refractivity contribution in [2.45, 2.75) is 63.7 Å². The lowest BCUT2D eigenvalue weighted by Crippen LogP contribution is -2.42. The zero-order valence-corrected chi connectivity index (χ0v) is 14.5. The molecule has 0 heterocycles. The van der Waals surface area contributed by atoms with Crippen molar-refractivity contribution in [1.29, 1.82) is 0 Å². The van der Waals surface area contributed by atoms with Crippen molar-refractivity contribution >= 4 is 11.8 Å². The molecule has 2 saturated carbocycles. The summed E-state index contributed by atoms with van der Waals surface area (Å²) in [5.41, 5.74) is -0.802. The van der Waals surface area contributed by atoms with Gasteiger partial charge in [-0.3, -0.25) is 9.59 Å². The average molecular weight is 368 g/mol. The average Bonchev–Trinajstić information content (AvgIpc) is 3.27. The number of hydrogen-bond acceptors (Lipinski definition) is 2. The summed E-state index contributed by atoms with van der Waals surface area (Å²) in [7, 11) is 0. The number of carbonyl (C=O) groups is 2. The molecule has 2 N–H and O–H groups in total. The summed E-state index contributed by atoms with van der Waals surface area (Å²) < 4.78 is 37.8. The Labute approximate surface area is 150 Å². The van der Waals surface area contributed by atoms with E-state index >= 15 is 0 Å². The first-order chi connectivity index (χ1) is 12.3. The van der Waals surface area contributed by atoms with Crippen LogP contribution in [0.1, 0.15) is 56.1 Å². The van der Waals surface area contributed by atoms with Crippen LogP contribution in [0.5, 0.6) is 0 Å². The Morgan fingerprint density at radius 1 is 1.08 bits per heavy atom. The molecule has 26 heavy (non-hydrogen) atoms. The van der Waals surface area contributed by atoms with Crippen LogP contribution in [0.3, 0.4) is 0 Å². The molecular weight excluding hydrogens is 345 g/mol. The standard InChI is InChI=1S/C19H23F3N2O2/c20-19(21,22)14-5-3-13(4-6-14)12-23-17(26)18(9-1-2-10-18)11-16(25)24-15-7-8-15/h3-6,15H,1-2,7-12H2,(H,23,26)(H,24,25). The first-order valence-electron chi connectivity index (χ1n) is 9.02. The third-order valence-corrected chi connectivity index (χ3v) is 5.22. The number of amides is 2. The van der Waals surface area contributed by atoms with Crippen molar-refractivity contribution in [3.05, 3.63) is 35.4 Å². The van der Waals surface area contributed by atoms with Crippen LogP contribution in [-0.2, 0) is 22.3 Å². The Morgan fingerprint density at radius 3 is 2.23 bits per heavy atom. The molecule has 3 rings (SSSR count). The van der Waals surface area contributed by atoms with Crippen LogP contribution < -0.4 is 10.6 Å². The second-order valence-corrected chi connectivity index (χ2v) is 7.38. The molecule has 4 nitrogen and oxygen atoms in total. The Hall–Kier alpha value is -2.05. The van der Waals surface area contributed by atoms with Crippen LogP contribution in [0, 0.1) is 5.41 Å². The highest BCUT2D eigenvalue weighted by molar-refractivity contribution is 5.89. The zero-order valence-electron chi connectivity index (χ0n) is 14.5. The Morgan fingerprint density at radius 2 is 1.69 bits per heavy atom. The van der Waals surface area contributed by atoms with E-state index in [2.05, 4.69) is 10.6 Å². The van der Waals surface area contributed by atoms with Crippen molar-refractivity contribution in [2.75, 3.05) is 0 Å². The monoisotopic (exact) mass is 368 g/mol. The third-order valence-electron chi connectivity index (χ3n) is 5.22. The van der Waals surface area contributed by atoms with E-state index in [-0.39, 0.29) is 30.8 Å². The van der Waals surface area contributed by atoms with Crippen LogP contribution in [0.25, 0.3) is 0 Å². The van der Waals surface area contributed by atoms with Crippen LogP contribution in [0.4, 0.5) is 13.2 Å². The van der Waals surface area contributed by atoms with E-state index in [0.717, 1.165) is 37.8 Å². The second-order valence-electron chi connectivity index (χ2n) is 7.38. The van der Waals surface area contributed by atoms with Crippen LogP contribution >= 0.6 is 0 Å². The van der Waals surface area contributed by atoms with E-state index in [1.54, 1.807) is 0 Å². The molecule has 1 aromatic rings. The van der Waals surface area contributed by atoms with Gasteiger partial charge in [0, 0.05) is 19.0 Å². The van der Waals surface area contributed by atoms with Gasteiger partial charge in [0.2, 0.25) is 11.8 Å². The van der Waals surface area contributed by atoms with E-state index in [0.29, 0.717) is 18.4 Å². The number of halogens is 3. The largest absolute Gasteiger partial charge is 0.416 e. The number of benzene rings is 1. The van der Waals surface area contributed by atoms with E-state index in [4.69, 9.17) is 0 Å². The molecule has 2 fully saturated rings. The van der Waals surface area contributed by atoms with Gasteiger partial charge in [-0.2, -0.15) is 13.2 Å². The predicted molar refractivity (Wildman–Crippen MR) is 90.0 cm³/mol. The Bertz CT molecular complexity index is 660. The van der Waals surface area contributed by atoms with Crippen molar-refractivity contribution in [2.24, 2.45) is 5.41 Å². The number of alkyl halides is 3. The molecule has 0 aliphatic heterocycles. The van der Waals surface area contributed by atoms with Crippen molar-refractivity contribution in [3.8, 4) is 0 Å². The molecule has 0 spiro atoms. The Balaban J connectivity index is 1.58. The molecule has 2 aliphatic carbocycles. The molecule has 1 aromatic carbocycles. The molecule has 2 amide bonds. The van der Waals surface area contributed by atoms with Gasteiger partial charge in [0.05, 0.1) is 11.0 Å². The van der Waals surface area contributed by atoms with Gasteiger partial charge in [0.1, 0.15) is 0 Å². The van der Waals surface area contributed by atoms with Gasteiger partial charge in [-0.15, -0.1) is 0 Å². The summed E-state index contributed by atoms with van der Waals surface area (Å²) in [4.78, 5) is 24.9. The minimum absolute atomic E-state index is 0.0842. The first-order valence-corrected chi connectivity index (χ1v) is 9.02. The highest BCUT2D eigenvalue weighted by atomic mass is 19.4. The molecule has 0 radical (unpaired) electrons. The SMILES string of the molecule is O=C(CC1(C(=O)NCc2ccc(C(F)(F)F)cc2)CCCC1)NC1CC1. The number of carbonyl (C=O) groups excluding carboxylic acids is 2. The van der Waals surface area contributed by atoms with Gasteiger partial charge in [-0.25, -0.2) is 0 Å². The van der Waals surface area contributed by atoms with Crippen molar-refractivity contribution < 1.29 is 22.8 Å². The minimum atomic E-state index is -4.37. The molecule has 0 aromatic heterocycles. The fourth-order valence-electron chi connectivity index (χ4n) is 3.53. The summed E-state index contributed by atoms with van der Waals surface area (Å²) >= 11 is 0. The number of rotatable bonds is 6. The Kier molecular flexibility index (Phi) is 5.25. The molecule has 0 bridgehead atoms. The lowest BCUT2D eigenvalue weighted by atomic mass is 9.81. The predicted octanol–water partition coefficient (Wildman–Crippen LogP) is 3.55. The fourth-order valence-corrected chi connectivity index (χ4v) is 3.53. The van der Waals surface area contributed by atoms with Gasteiger partial charge in [-0.05, 0) is 43.4 Å². The quantitative estimate of drug-likeness (QED) is 0.807. The molecular formula is C19H23F3N2O2. The topological polar surface area (TPSA) is 58.2 Å². The number of nitrogens with one attached hydrogen (secondary N) is 2. The van der Waals surface area contributed by atoms with E-state index < -0.39 is 17.2 Å². The normalized spacial score (nSPS) is 19.2. The van der Waals surface area contributed by atoms with E-state index in [1.807, 2.05) is 0 Å². The molecule has 0 unspecified atom stereocenters. The molecule has 142 valence electrons. The smallest absolute Gasteiger partial charge is 0.353 e. The van der Waals surface area contributed by atoms with E-state index in [9.17, 15) is 22.8 Å². The maximum absolute atomic E-state index is 12.7. The first kappa shape index (κ1) is 18.7. The van der Waals surface area contributed by atoms with Crippen molar-refractivity contribution in [3.63, 3.8) is 0 Å². The summed E-state index contributed by atoms with van der Waals surface area (Å²) in [5, 5.41) is 5.74. The highest BCUT2D eigenvalue weighted by Crippen LogP contribution is 2.41. The molecule has 2 aliphatic rings. The minimum Gasteiger partial charge on any atom is -0.353 e. The van der Waals surface area contributed by atoms with Gasteiger partial charge in [0.25, 0.3) is 0 Å². The molecule has 0 saturated heterocycles. The molecule has 7 heteroatoms. The summed E-state index contributed by atoms with van der Waals surface area (Å²) in [6, 6.07) is 5.01. The van der Waals surface area contributed by atoms with Crippen LogP contribution in [0.2, 0.25) is 0 Å². The summed E-state index contributed by atoms with van der Waals surface area (Å²) in [6.45, 7) is 0.156. The van der Waals surface area contributed by atoms with Crippen LogP contribution in [-0.4, -0.2) is 17.9 Å². The number of hydrogen-bond donors (Lipinski definition) is 2. The van der Waals surface area contributed by atoms with Crippen LogP contribution in [0.15, 0.2) is 24.3 Å². The van der Waals surface area contributed by atoms with E-state index in [1.165, 1.54) is 12.1 Å². The maximum atomic E-state index is 12.7. The van der Waals surface area contributed by atoms with Gasteiger partial charge in [-0.1, -0.05) is 25.0 Å². The van der Waals surface area contributed by atoms with Gasteiger partial charge >= 0.3 is 6.18 Å². The second kappa shape index (κ2) is 7.29. The summed E-state index contributed by atoms with van der Waals surface area (Å²) in [5.74, 6) is -0.264. The highest BCUT2D eigenvalue weighted by Gasteiger charge is 2.43. The van der Waals surface area contributed by atoms with Crippen molar-refractivity contribution in [1.82, 2.24) is 10.6 Å². The zero-order chi connectivity index (χ0) is 18.8.